The Labute approximate surface area is 159 Å². The second kappa shape index (κ2) is 9.67. The number of phenols is 1. The maximum Gasteiger partial charge on any atom is 0.277 e. The Morgan fingerprint density at radius 1 is 1.23 bits per heavy atom. The van der Waals surface area contributed by atoms with Crippen LogP contribution in [0, 0.1) is 0 Å². The van der Waals surface area contributed by atoms with Gasteiger partial charge in [-0.25, -0.2) is 5.43 Å². The highest BCUT2D eigenvalue weighted by Gasteiger charge is 2.06. The third kappa shape index (κ3) is 5.66. The fraction of sp³-hybridized carbons (Fsp3) is 0.222. The van der Waals surface area contributed by atoms with Crippen molar-refractivity contribution >= 4 is 28.1 Å². The summed E-state index contributed by atoms with van der Waals surface area (Å²) in [4.78, 5) is 11.8. The first-order valence-corrected chi connectivity index (χ1v) is 8.56. The molecule has 0 aliphatic heterocycles. The van der Waals surface area contributed by atoms with E-state index in [-0.39, 0.29) is 12.4 Å². The van der Waals surface area contributed by atoms with Crippen LogP contribution in [-0.4, -0.2) is 37.6 Å². The molecule has 2 aromatic carbocycles. The van der Waals surface area contributed by atoms with E-state index in [2.05, 4.69) is 26.5 Å². The second-order valence-electron chi connectivity index (χ2n) is 5.04. The molecule has 0 saturated heterocycles. The lowest BCUT2D eigenvalue weighted by atomic mass is 10.2. The van der Waals surface area contributed by atoms with Gasteiger partial charge in [-0.3, -0.25) is 4.79 Å². The van der Waals surface area contributed by atoms with E-state index in [0.717, 1.165) is 0 Å². The highest BCUT2D eigenvalue weighted by Crippen LogP contribution is 2.29. The largest absolute Gasteiger partial charge is 0.504 e. The van der Waals surface area contributed by atoms with Crippen molar-refractivity contribution in [1.82, 2.24) is 5.43 Å². The minimum absolute atomic E-state index is 0.0477. The van der Waals surface area contributed by atoms with Crippen molar-refractivity contribution in [1.29, 1.82) is 0 Å². The van der Waals surface area contributed by atoms with E-state index in [9.17, 15) is 9.90 Å². The zero-order chi connectivity index (χ0) is 18.9. The molecule has 0 aliphatic carbocycles. The van der Waals surface area contributed by atoms with Crippen LogP contribution in [0.5, 0.6) is 23.0 Å². The third-order valence-electron chi connectivity index (χ3n) is 3.18. The van der Waals surface area contributed by atoms with Gasteiger partial charge in [-0.1, -0.05) is 0 Å². The summed E-state index contributed by atoms with van der Waals surface area (Å²) in [6, 6.07) is 9.95. The zero-order valence-electron chi connectivity index (χ0n) is 14.4. The number of ether oxygens (including phenoxy) is 3. The minimum Gasteiger partial charge on any atom is -0.504 e. The molecule has 0 saturated carbocycles. The van der Waals surface area contributed by atoms with Crippen LogP contribution in [0.3, 0.4) is 0 Å². The van der Waals surface area contributed by atoms with Gasteiger partial charge in [0.05, 0.1) is 24.4 Å². The average Bonchev–Trinajstić information content (AvgIpc) is 2.63. The normalized spacial score (nSPS) is 10.6. The van der Waals surface area contributed by atoms with Crippen molar-refractivity contribution in [2.45, 2.75) is 6.92 Å². The number of benzene rings is 2. The number of amides is 1. The highest BCUT2D eigenvalue weighted by atomic mass is 79.9. The maximum atomic E-state index is 11.8. The van der Waals surface area contributed by atoms with Gasteiger partial charge in [0.2, 0.25) is 0 Å². The van der Waals surface area contributed by atoms with Gasteiger partial charge in [-0.15, -0.1) is 0 Å². The molecule has 2 aromatic rings. The van der Waals surface area contributed by atoms with Crippen molar-refractivity contribution in [3.63, 3.8) is 0 Å². The standard InChI is InChI=1S/C18H19BrN2O5/c1-3-25-17-8-12(4-6-15(17)22)10-20-21-18(23)11-26-16-7-5-13(24-2)9-14(16)19/h4-10,22H,3,11H2,1-2H3,(H,21,23). The Bertz CT molecular complexity index is 795. The summed E-state index contributed by atoms with van der Waals surface area (Å²) in [7, 11) is 1.57. The molecular weight excluding hydrogens is 404 g/mol. The van der Waals surface area contributed by atoms with Crippen LogP contribution < -0.4 is 19.6 Å². The molecule has 26 heavy (non-hydrogen) atoms. The first-order valence-electron chi connectivity index (χ1n) is 7.77. The van der Waals surface area contributed by atoms with E-state index >= 15 is 0 Å². The van der Waals surface area contributed by atoms with Crippen molar-refractivity contribution in [3.8, 4) is 23.0 Å². The van der Waals surface area contributed by atoms with Crippen molar-refractivity contribution < 1.29 is 24.1 Å². The molecule has 2 N–H and O–H groups in total. The number of aromatic hydroxyl groups is 1. The lowest BCUT2D eigenvalue weighted by Gasteiger charge is -2.08. The number of carbonyl (C=O) groups is 1. The molecule has 2 rings (SSSR count). The molecule has 1 amide bonds. The quantitative estimate of drug-likeness (QED) is 0.503. The lowest BCUT2D eigenvalue weighted by Crippen LogP contribution is -2.24. The van der Waals surface area contributed by atoms with E-state index in [1.165, 1.54) is 12.3 Å². The fourth-order valence-electron chi connectivity index (χ4n) is 1.96. The van der Waals surface area contributed by atoms with Crippen LogP contribution >= 0.6 is 15.9 Å². The molecule has 0 fully saturated rings. The molecule has 0 spiro atoms. The van der Waals surface area contributed by atoms with Gasteiger partial charge in [0.1, 0.15) is 11.5 Å². The number of halogens is 1. The minimum atomic E-state index is -0.409. The molecule has 0 heterocycles. The summed E-state index contributed by atoms with van der Waals surface area (Å²) >= 11 is 3.35. The highest BCUT2D eigenvalue weighted by molar-refractivity contribution is 9.10. The molecule has 138 valence electrons. The van der Waals surface area contributed by atoms with E-state index < -0.39 is 5.91 Å². The van der Waals surface area contributed by atoms with Gasteiger partial charge in [-0.05, 0) is 64.8 Å². The van der Waals surface area contributed by atoms with E-state index in [1.807, 2.05) is 6.92 Å². The van der Waals surface area contributed by atoms with Crippen LogP contribution in [0.15, 0.2) is 46.0 Å². The number of hydrogen-bond acceptors (Lipinski definition) is 6. The van der Waals surface area contributed by atoms with Gasteiger partial charge in [0, 0.05) is 0 Å². The summed E-state index contributed by atoms with van der Waals surface area (Å²) in [6.45, 7) is 2.06. The number of carbonyl (C=O) groups excluding carboxylic acids is 1. The van der Waals surface area contributed by atoms with Crippen LogP contribution in [-0.2, 0) is 4.79 Å². The Kier molecular flexibility index (Phi) is 7.28. The van der Waals surface area contributed by atoms with Crippen LogP contribution in [0.4, 0.5) is 0 Å². The molecular formula is C18H19BrN2O5. The second-order valence-corrected chi connectivity index (χ2v) is 5.89. The summed E-state index contributed by atoms with van der Waals surface area (Å²) < 4.78 is 16.5. The molecule has 0 unspecified atom stereocenters. The summed E-state index contributed by atoms with van der Waals surface area (Å²) in [5.74, 6) is 1.19. The first kappa shape index (κ1) is 19.6. The average molecular weight is 423 g/mol. The first-order chi connectivity index (χ1) is 12.5. The Morgan fingerprint density at radius 2 is 2.04 bits per heavy atom. The molecule has 0 atom stereocenters. The molecule has 0 aliphatic rings. The summed E-state index contributed by atoms with van der Waals surface area (Å²) in [5, 5.41) is 13.5. The topological polar surface area (TPSA) is 89.4 Å². The molecule has 0 bridgehead atoms. The van der Waals surface area contributed by atoms with Crippen molar-refractivity contribution in [2.75, 3.05) is 20.3 Å². The van der Waals surface area contributed by atoms with Gasteiger partial charge in [0.25, 0.3) is 5.91 Å². The zero-order valence-corrected chi connectivity index (χ0v) is 15.9. The SMILES string of the molecule is CCOc1cc(C=NNC(=O)COc2ccc(OC)cc2Br)ccc1O. The Hall–Kier alpha value is -2.74. The number of nitrogens with zero attached hydrogens (tertiary/aromatic N) is 1. The van der Waals surface area contributed by atoms with Gasteiger partial charge in [-0.2, -0.15) is 5.10 Å². The van der Waals surface area contributed by atoms with Crippen LogP contribution in [0.25, 0.3) is 0 Å². The monoisotopic (exact) mass is 422 g/mol. The number of phenolic OH excluding ortho intramolecular Hbond substituents is 1. The number of hydrogen-bond donors (Lipinski definition) is 2. The Balaban J connectivity index is 1.87. The Morgan fingerprint density at radius 3 is 2.73 bits per heavy atom. The third-order valence-corrected chi connectivity index (χ3v) is 3.80. The number of rotatable bonds is 8. The predicted molar refractivity (Wildman–Crippen MR) is 101 cm³/mol. The number of hydrazone groups is 1. The molecule has 0 aromatic heterocycles. The lowest BCUT2D eigenvalue weighted by molar-refractivity contribution is -0.123. The molecule has 0 radical (unpaired) electrons. The summed E-state index contributed by atoms with van der Waals surface area (Å²) in [5.41, 5.74) is 3.04. The summed E-state index contributed by atoms with van der Waals surface area (Å²) in [6.07, 6.45) is 1.45. The molecule has 7 nitrogen and oxygen atoms in total. The number of nitrogens with one attached hydrogen (secondary N) is 1. The fourth-order valence-corrected chi connectivity index (χ4v) is 2.43. The van der Waals surface area contributed by atoms with E-state index in [1.54, 1.807) is 37.4 Å². The number of methoxy groups -OCH3 is 1. The van der Waals surface area contributed by atoms with Crippen LogP contribution in [0.2, 0.25) is 0 Å². The van der Waals surface area contributed by atoms with E-state index in [0.29, 0.717) is 33.9 Å². The molecule has 8 heteroatoms. The van der Waals surface area contributed by atoms with Crippen molar-refractivity contribution in [3.05, 3.63) is 46.4 Å². The van der Waals surface area contributed by atoms with E-state index in [4.69, 9.17) is 14.2 Å². The predicted octanol–water partition coefficient (Wildman–Crippen LogP) is 3.09. The van der Waals surface area contributed by atoms with Crippen molar-refractivity contribution in [2.24, 2.45) is 5.10 Å². The van der Waals surface area contributed by atoms with Gasteiger partial charge in [0.15, 0.2) is 18.1 Å². The van der Waals surface area contributed by atoms with Gasteiger partial charge >= 0.3 is 0 Å². The maximum absolute atomic E-state index is 11.8. The van der Waals surface area contributed by atoms with Gasteiger partial charge < -0.3 is 19.3 Å². The smallest absolute Gasteiger partial charge is 0.277 e. The van der Waals surface area contributed by atoms with Crippen LogP contribution in [0.1, 0.15) is 12.5 Å².